The molecule has 0 radical (unpaired) electrons. The highest BCUT2D eigenvalue weighted by Crippen LogP contribution is 2.34. The van der Waals surface area contributed by atoms with Crippen molar-refractivity contribution in [2.75, 3.05) is 40.3 Å². The maximum Gasteiger partial charge on any atom is 0.410 e. The SMILES string of the molecule is C[C@@H](C(=O)N[C@H](C(=O)N1C[C@@H](NC(=O)CNC(=O)c2ccc(C(=O)NCC(=O)N[C@H]3C[C@@H](C(=O)N[C@@H]4CCCc5ccccc54)N(C(=O)[C@@H](NC(=O)[C@H](C)N(C)C(=O)OC(C)(C)C)C(C)(C)C)C3)cc2)C[C@H]1C(=O)N[C@@H]1CCCc2ccccc21)C(C)(C)C)N(C)C(=O)OC(C)(C)C.N=NN=NCl. The fourth-order valence-corrected chi connectivity index (χ4v) is 12.6. The normalized spacial score (nSPS) is 19.9. The summed E-state index contributed by atoms with van der Waals surface area (Å²) in [5.74, 6) is -5.88. The van der Waals surface area contributed by atoms with Crippen molar-refractivity contribution in [3.05, 3.63) is 106 Å². The number of carbonyl (C=O) groups is 12. The molecule has 4 aliphatic rings. The molecule has 3 aromatic carbocycles. The number of nitrogens with zero attached hydrogens (tertiary/aromatic N) is 7. The Labute approximate surface area is 607 Å². The molecular formula is C72H103ClN16O14. The fraction of sp³-hybridized carbons (Fsp3) is 0.583. The van der Waals surface area contributed by atoms with Crippen LogP contribution in [0.3, 0.4) is 0 Å². The molecule has 2 saturated heterocycles. The van der Waals surface area contributed by atoms with Gasteiger partial charge in [-0.25, -0.2) is 9.59 Å². The predicted molar refractivity (Wildman–Crippen MR) is 381 cm³/mol. The van der Waals surface area contributed by atoms with Crippen LogP contribution in [0.2, 0.25) is 0 Å². The molecule has 9 N–H and O–H groups in total. The first-order valence-electron chi connectivity index (χ1n) is 34.6. The number of ether oxygens (including phenoxy) is 2. The molecule has 0 spiro atoms. The minimum absolute atomic E-state index is 0.00908. The molecule has 562 valence electrons. The van der Waals surface area contributed by atoms with E-state index >= 15 is 0 Å². The Hall–Kier alpha value is -9.61. The molecule has 2 aliphatic heterocycles. The van der Waals surface area contributed by atoms with Crippen LogP contribution in [0.25, 0.3) is 0 Å². The molecule has 10 atom stereocenters. The van der Waals surface area contributed by atoms with Gasteiger partial charge in [0.05, 0.1) is 36.9 Å². The summed E-state index contributed by atoms with van der Waals surface area (Å²) in [4.78, 5) is 172. The average molecular weight is 1450 g/mol. The highest BCUT2D eigenvalue weighted by Gasteiger charge is 2.49. The van der Waals surface area contributed by atoms with E-state index in [0.717, 1.165) is 57.7 Å². The zero-order valence-electron chi connectivity index (χ0n) is 61.9. The highest BCUT2D eigenvalue weighted by molar-refractivity contribution is 6.13. The van der Waals surface area contributed by atoms with E-state index in [4.69, 9.17) is 15.0 Å². The summed E-state index contributed by atoms with van der Waals surface area (Å²) in [5.41, 5.74) is 6.78. The van der Waals surface area contributed by atoms with E-state index < -0.39 is 155 Å². The van der Waals surface area contributed by atoms with Crippen molar-refractivity contribution in [2.24, 2.45) is 25.9 Å². The van der Waals surface area contributed by atoms with E-state index in [1.54, 1.807) is 83.1 Å². The molecule has 31 heteroatoms. The molecule has 12 amide bonds. The summed E-state index contributed by atoms with van der Waals surface area (Å²) >= 11 is 4.55. The molecule has 2 aliphatic carbocycles. The van der Waals surface area contributed by atoms with Gasteiger partial charge in [-0.1, -0.05) is 94.7 Å². The summed E-state index contributed by atoms with van der Waals surface area (Å²) in [6.07, 6.45) is 3.25. The number of benzene rings is 3. The van der Waals surface area contributed by atoms with Gasteiger partial charge in [-0.2, -0.15) is 5.53 Å². The Kier molecular flexibility index (Phi) is 28.4. The third-order valence-corrected chi connectivity index (χ3v) is 18.3. The number of aryl methyl sites for hydroxylation is 2. The zero-order valence-corrected chi connectivity index (χ0v) is 62.7. The molecule has 2 fully saturated rings. The van der Waals surface area contributed by atoms with Gasteiger partial charge in [-0.3, -0.25) is 57.7 Å². The fourth-order valence-electron chi connectivity index (χ4n) is 12.6. The summed E-state index contributed by atoms with van der Waals surface area (Å²) in [7, 11) is 2.84. The second kappa shape index (κ2) is 35.5. The molecule has 3 aromatic rings. The maximum absolute atomic E-state index is 14.9. The lowest BCUT2D eigenvalue weighted by Crippen LogP contribution is -2.60. The standard InChI is InChI=1S/C72H102N12O14.ClHN4/c1-41(81(15)67(95)97-71(9,10)11)59(87)79-57(69(3,4)5)65(93)83-39-47(35-53(83)63(91)77-51-29-21-25-43-23-17-19-27-49(43)51)75-55(85)37-73-61(89)45-31-33-46(34-32-45)62(90)74-38-56(86)76-48-36-54(64(92)78-52-30-22-26-44-24-18-20-28-50(44)52)84(40-48)66(94)58(70(6,7)8)80-60(88)42(2)82(16)68(96)98-72(12,13)14;1-3-5-4-2/h17-20,23-24,27-28,31-34,41-42,47-48,51-54,57-58H,21-22,25-26,29-30,35-40H2,1-16H3,(H,73,89)(H,74,90)(H,75,85)(H,76,86)(H,77,91)(H,78,92)(H,79,87)(H,80,88);2H/t41-,42-,47-,48-,51+,52+,53-,54-,57+,58+;/m0./s1. The number of amides is 12. The molecule has 7 rings (SSSR count). The lowest BCUT2D eigenvalue weighted by Gasteiger charge is -2.37. The quantitative estimate of drug-likeness (QED) is 0.0391. The van der Waals surface area contributed by atoms with Crippen LogP contribution in [0.4, 0.5) is 9.59 Å². The first-order chi connectivity index (χ1) is 48.1. The Balaban J connectivity index is 0.00000322. The molecular weight excluding hydrogens is 1350 g/mol. The molecule has 0 unspecified atom stereocenters. The van der Waals surface area contributed by atoms with Crippen LogP contribution in [0, 0.1) is 16.4 Å². The largest absolute Gasteiger partial charge is 0.444 e. The summed E-state index contributed by atoms with van der Waals surface area (Å²) in [6.45, 7) is 22.6. The van der Waals surface area contributed by atoms with Crippen molar-refractivity contribution in [1.29, 1.82) is 5.53 Å². The minimum Gasteiger partial charge on any atom is -0.444 e. The van der Waals surface area contributed by atoms with Crippen LogP contribution in [-0.4, -0.2) is 191 Å². The van der Waals surface area contributed by atoms with Crippen LogP contribution in [0.5, 0.6) is 0 Å². The summed E-state index contributed by atoms with van der Waals surface area (Å²) in [5, 5.41) is 28.0. The van der Waals surface area contributed by atoms with Gasteiger partial charge < -0.3 is 61.8 Å². The number of hydrogen-bond donors (Lipinski definition) is 9. The first kappa shape index (κ1) is 82.3. The van der Waals surface area contributed by atoms with Crippen molar-refractivity contribution in [3.8, 4) is 0 Å². The van der Waals surface area contributed by atoms with Gasteiger partial charge in [-0.15, -0.1) is 0 Å². The van der Waals surface area contributed by atoms with Gasteiger partial charge in [0.25, 0.3) is 11.8 Å². The van der Waals surface area contributed by atoms with E-state index in [1.165, 1.54) is 62.0 Å². The van der Waals surface area contributed by atoms with Crippen LogP contribution in [0.1, 0.15) is 191 Å². The minimum atomic E-state index is -1.19. The second-order valence-corrected chi connectivity index (χ2v) is 30.8. The third-order valence-electron chi connectivity index (χ3n) is 18.3. The average Bonchev–Trinajstić information content (AvgIpc) is 1.70. The van der Waals surface area contributed by atoms with Crippen molar-refractivity contribution < 1.29 is 67.0 Å². The Morgan fingerprint density at radius 3 is 1.20 bits per heavy atom. The van der Waals surface area contributed by atoms with Gasteiger partial charge in [-0.05, 0) is 175 Å². The van der Waals surface area contributed by atoms with Crippen molar-refractivity contribution in [3.63, 3.8) is 0 Å². The number of halogens is 1. The van der Waals surface area contributed by atoms with E-state index in [-0.39, 0.29) is 49.1 Å². The van der Waals surface area contributed by atoms with Crippen LogP contribution in [0.15, 0.2) is 87.9 Å². The molecule has 0 saturated carbocycles. The summed E-state index contributed by atoms with van der Waals surface area (Å²) in [6, 6.07) is 12.3. The molecule has 30 nitrogen and oxygen atoms in total. The lowest BCUT2D eigenvalue weighted by atomic mass is 9.85. The third kappa shape index (κ3) is 23.2. The molecule has 0 bridgehead atoms. The van der Waals surface area contributed by atoms with E-state index in [2.05, 4.69) is 69.4 Å². The molecule has 2 heterocycles. The highest BCUT2D eigenvalue weighted by atomic mass is 35.5. The van der Waals surface area contributed by atoms with Gasteiger partial charge in [0, 0.05) is 50.4 Å². The second-order valence-electron chi connectivity index (χ2n) is 30.7. The maximum atomic E-state index is 14.9. The van der Waals surface area contributed by atoms with Gasteiger partial charge >= 0.3 is 12.2 Å². The molecule has 103 heavy (non-hydrogen) atoms. The van der Waals surface area contributed by atoms with E-state index in [1.807, 2.05) is 48.5 Å². The number of likely N-dealkylation sites (N-methyl/N-ethyl adjacent to an activating group) is 2. The van der Waals surface area contributed by atoms with Crippen LogP contribution >= 0.6 is 11.8 Å². The number of rotatable bonds is 21. The Bertz CT molecular complexity index is 3410. The van der Waals surface area contributed by atoms with Gasteiger partial charge in [0.2, 0.25) is 47.3 Å². The van der Waals surface area contributed by atoms with Gasteiger partial charge in [0.1, 0.15) is 47.5 Å². The van der Waals surface area contributed by atoms with Crippen molar-refractivity contribution in [1.82, 2.24) is 62.1 Å². The Morgan fingerprint density at radius 1 is 0.544 bits per heavy atom. The lowest BCUT2D eigenvalue weighted by molar-refractivity contribution is -0.144. The predicted octanol–water partition coefficient (Wildman–Crippen LogP) is 6.82. The monoisotopic (exact) mass is 1450 g/mol. The summed E-state index contributed by atoms with van der Waals surface area (Å²) < 4.78 is 13.5. The van der Waals surface area contributed by atoms with Crippen LogP contribution in [-0.2, 0) is 60.7 Å². The smallest absolute Gasteiger partial charge is 0.410 e. The number of carbonyl (C=O) groups excluding carboxylic acids is 12. The number of hydrogen-bond acceptors (Lipinski definition) is 16. The topological polar surface area (TPSA) is 393 Å². The zero-order chi connectivity index (χ0) is 76.6. The number of fused-ring (bicyclic) bond motifs is 2. The van der Waals surface area contributed by atoms with Crippen molar-refractivity contribution >= 4 is 83.0 Å². The van der Waals surface area contributed by atoms with E-state index in [0.29, 0.717) is 12.8 Å². The first-order valence-corrected chi connectivity index (χ1v) is 35.0. The Morgan fingerprint density at radius 2 is 0.893 bits per heavy atom. The number of nitrogens with one attached hydrogen (secondary N) is 9. The van der Waals surface area contributed by atoms with Gasteiger partial charge in [0.15, 0.2) is 0 Å². The number of likely N-dealkylation sites (tertiary alicyclic amines) is 2. The van der Waals surface area contributed by atoms with Crippen LogP contribution < -0.4 is 42.5 Å². The molecule has 0 aromatic heterocycles. The van der Waals surface area contributed by atoms with Crippen molar-refractivity contribution in [2.45, 2.75) is 220 Å². The van der Waals surface area contributed by atoms with E-state index in [9.17, 15) is 57.5 Å².